The Morgan fingerprint density at radius 2 is 1.64 bits per heavy atom. The molecule has 178 valence electrons. The summed E-state index contributed by atoms with van der Waals surface area (Å²) in [6, 6.07) is 20.0. The molecule has 1 unspecified atom stereocenters. The van der Waals surface area contributed by atoms with E-state index in [-0.39, 0.29) is 18.0 Å². The van der Waals surface area contributed by atoms with Crippen molar-refractivity contribution in [3.8, 4) is 0 Å². The Kier molecular flexibility index (Phi) is 8.89. The predicted molar refractivity (Wildman–Crippen MR) is 131 cm³/mol. The lowest BCUT2D eigenvalue weighted by Gasteiger charge is -2.33. The fourth-order valence-electron chi connectivity index (χ4n) is 4.21. The number of amides is 2. The SMILES string of the molecule is CC(C)(C)OC(=O)NCC1CCCN(CCC(=O)NC(c2ccccc2)c2ccccc2)C1. The average Bonchev–Trinajstić information content (AvgIpc) is 2.80. The molecule has 0 radical (unpaired) electrons. The van der Waals surface area contributed by atoms with Gasteiger partial charge in [-0.2, -0.15) is 0 Å². The minimum Gasteiger partial charge on any atom is -0.444 e. The summed E-state index contributed by atoms with van der Waals surface area (Å²) < 4.78 is 5.33. The number of carbonyl (C=O) groups excluding carboxylic acids is 2. The molecule has 0 spiro atoms. The van der Waals surface area contributed by atoms with Gasteiger partial charge in [0.1, 0.15) is 5.60 Å². The van der Waals surface area contributed by atoms with E-state index in [1.165, 1.54) is 0 Å². The molecule has 2 aromatic rings. The quantitative estimate of drug-likeness (QED) is 0.619. The highest BCUT2D eigenvalue weighted by Crippen LogP contribution is 2.22. The molecule has 6 heteroatoms. The highest BCUT2D eigenvalue weighted by molar-refractivity contribution is 5.77. The Bertz CT molecular complexity index is 841. The second-order valence-corrected chi connectivity index (χ2v) is 9.76. The minimum atomic E-state index is -0.493. The summed E-state index contributed by atoms with van der Waals surface area (Å²) in [5, 5.41) is 6.11. The number of likely N-dealkylation sites (tertiary alicyclic amines) is 1. The van der Waals surface area contributed by atoms with Crippen molar-refractivity contribution in [2.24, 2.45) is 5.92 Å². The average molecular weight is 452 g/mol. The van der Waals surface area contributed by atoms with Gasteiger partial charge in [-0.15, -0.1) is 0 Å². The number of carbonyl (C=O) groups is 2. The van der Waals surface area contributed by atoms with Gasteiger partial charge in [0.25, 0.3) is 0 Å². The number of nitrogens with zero attached hydrogens (tertiary/aromatic N) is 1. The molecule has 1 atom stereocenters. The van der Waals surface area contributed by atoms with Gasteiger partial charge in [0, 0.05) is 26.1 Å². The first kappa shape index (κ1) is 24.8. The molecular formula is C27H37N3O3. The van der Waals surface area contributed by atoms with Crippen LogP contribution in [-0.4, -0.2) is 48.7 Å². The van der Waals surface area contributed by atoms with Gasteiger partial charge in [-0.25, -0.2) is 4.79 Å². The minimum absolute atomic E-state index is 0.0432. The largest absolute Gasteiger partial charge is 0.444 e. The van der Waals surface area contributed by atoms with Crippen LogP contribution >= 0.6 is 0 Å². The van der Waals surface area contributed by atoms with E-state index in [2.05, 4.69) is 15.5 Å². The standard InChI is InChI=1S/C27H37N3O3/c1-27(2,3)33-26(32)28-19-21-11-10-17-30(20-21)18-16-24(31)29-25(22-12-6-4-7-13-22)23-14-8-5-9-15-23/h4-9,12-15,21,25H,10-11,16-20H2,1-3H3,(H,28,32)(H,29,31). The Hall–Kier alpha value is -2.86. The molecule has 3 rings (SSSR count). The Morgan fingerprint density at radius 3 is 2.21 bits per heavy atom. The van der Waals surface area contributed by atoms with Crippen molar-refractivity contribution >= 4 is 12.0 Å². The number of ether oxygens (including phenoxy) is 1. The maximum atomic E-state index is 12.9. The number of rotatable bonds is 8. The summed E-state index contributed by atoms with van der Waals surface area (Å²) in [4.78, 5) is 27.1. The molecule has 1 saturated heterocycles. The van der Waals surface area contributed by atoms with Gasteiger partial charge < -0.3 is 20.3 Å². The number of hydrogen-bond acceptors (Lipinski definition) is 4. The Labute approximate surface area is 197 Å². The normalized spacial score (nSPS) is 16.9. The van der Waals surface area contributed by atoms with Crippen LogP contribution in [-0.2, 0) is 9.53 Å². The van der Waals surface area contributed by atoms with Crippen molar-refractivity contribution in [2.75, 3.05) is 26.2 Å². The number of benzene rings is 2. The van der Waals surface area contributed by atoms with Gasteiger partial charge in [0.15, 0.2) is 0 Å². The zero-order valence-electron chi connectivity index (χ0n) is 20.0. The maximum absolute atomic E-state index is 12.9. The molecule has 2 N–H and O–H groups in total. The second kappa shape index (κ2) is 11.8. The van der Waals surface area contributed by atoms with Gasteiger partial charge in [-0.05, 0) is 57.2 Å². The smallest absolute Gasteiger partial charge is 0.407 e. The van der Waals surface area contributed by atoms with Crippen LogP contribution in [0.15, 0.2) is 60.7 Å². The van der Waals surface area contributed by atoms with E-state index < -0.39 is 5.60 Å². The highest BCUT2D eigenvalue weighted by atomic mass is 16.6. The molecule has 6 nitrogen and oxygen atoms in total. The predicted octanol–water partition coefficient (Wildman–Crippen LogP) is 4.52. The van der Waals surface area contributed by atoms with Gasteiger partial charge in [-0.3, -0.25) is 4.79 Å². The van der Waals surface area contributed by atoms with Crippen molar-refractivity contribution in [1.82, 2.24) is 15.5 Å². The summed E-state index contributed by atoms with van der Waals surface area (Å²) in [5.74, 6) is 0.414. The van der Waals surface area contributed by atoms with Crippen LogP contribution in [0.1, 0.15) is 57.2 Å². The molecule has 0 saturated carbocycles. The van der Waals surface area contributed by atoms with E-state index in [1.807, 2.05) is 81.4 Å². The van der Waals surface area contributed by atoms with Gasteiger partial charge in [0.05, 0.1) is 6.04 Å². The third-order valence-electron chi connectivity index (χ3n) is 5.76. The molecule has 0 aliphatic carbocycles. The molecule has 0 aromatic heterocycles. The maximum Gasteiger partial charge on any atom is 0.407 e. The van der Waals surface area contributed by atoms with Gasteiger partial charge in [-0.1, -0.05) is 60.7 Å². The van der Waals surface area contributed by atoms with Crippen molar-refractivity contribution in [3.05, 3.63) is 71.8 Å². The molecule has 1 aliphatic heterocycles. The number of nitrogens with one attached hydrogen (secondary N) is 2. The van der Waals surface area contributed by atoms with Gasteiger partial charge >= 0.3 is 6.09 Å². The van der Waals surface area contributed by atoms with Crippen LogP contribution in [0.3, 0.4) is 0 Å². The fraction of sp³-hybridized carbons (Fsp3) is 0.481. The first-order valence-electron chi connectivity index (χ1n) is 11.9. The van der Waals surface area contributed by atoms with E-state index in [1.54, 1.807) is 0 Å². The summed E-state index contributed by atoms with van der Waals surface area (Å²) in [6.45, 7) is 8.76. The van der Waals surface area contributed by atoms with Crippen molar-refractivity contribution in [1.29, 1.82) is 0 Å². The van der Waals surface area contributed by atoms with Crippen LogP contribution in [0.2, 0.25) is 0 Å². The van der Waals surface area contributed by atoms with Crippen LogP contribution in [0, 0.1) is 5.92 Å². The van der Waals surface area contributed by atoms with Crippen LogP contribution in [0.25, 0.3) is 0 Å². The zero-order chi connectivity index (χ0) is 23.7. The number of piperidine rings is 1. The van der Waals surface area contributed by atoms with Crippen LogP contribution in [0.4, 0.5) is 4.79 Å². The van der Waals surface area contributed by atoms with E-state index in [0.717, 1.165) is 37.1 Å². The van der Waals surface area contributed by atoms with Crippen LogP contribution < -0.4 is 10.6 Å². The number of alkyl carbamates (subject to hydrolysis) is 1. The molecule has 1 aliphatic rings. The van der Waals surface area contributed by atoms with E-state index >= 15 is 0 Å². The third-order valence-corrected chi connectivity index (χ3v) is 5.76. The lowest BCUT2D eigenvalue weighted by molar-refractivity contribution is -0.122. The van der Waals surface area contributed by atoms with Crippen molar-refractivity contribution in [3.63, 3.8) is 0 Å². The Morgan fingerprint density at radius 1 is 1.03 bits per heavy atom. The summed E-state index contributed by atoms with van der Waals surface area (Å²) in [6.07, 6.45) is 2.22. The third kappa shape index (κ3) is 8.54. The van der Waals surface area contributed by atoms with Crippen LogP contribution in [0.5, 0.6) is 0 Å². The molecule has 1 fully saturated rings. The fourth-order valence-corrected chi connectivity index (χ4v) is 4.21. The topological polar surface area (TPSA) is 70.7 Å². The van der Waals surface area contributed by atoms with Crippen molar-refractivity contribution in [2.45, 2.75) is 51.7 Å². The molecule has 1 heterocycles. The first-order valence-corrected chi connectivity index (χ1v) is 11.9. The second-order valence-electron chi connectivity index (χ2n) is 9.76. The molecule has 0 bridgehead atoms. The molecular weight excluding hydrogens is 414 g/mol. The highest BCUT2D eigenvalue weighted by Gasteiger charge is 2.23. The van der Waals surface area contributed by atoms with E-state index in [0.29, 0.717) is 25.4 Å². The summed E-state index contributed by atoms with van der Waals surface area (Å²) in [5.41, 5.74) is 1.65. The zero-order valence-corrected chi connectivity index (χ0v) is 20.0. The van der Waals surface area contributed by atoms with Gasteiger partial charge in [0.2, 0.25) is 5.91 Å². The summed E-state index contributed by atoms with van der Waals surface area (Å²) >= 11 is 0. The molecule has 33 heavy (non-hydrogen) atoms. The Balaban J connectivity index is 1.48. The van der Waals surface area contributed by atoms with Crippen molar-refractivity contribution < 1.29 is 14.3 Å². The molecule has 2 aromatic carbocycles. The van der Waals surface area contributed by atoms with E-state index in [4.69, 9.17) is 4.74 Å². The summed E-state index contributed by atoms with van der Waals surface area (Å²) in [7, 11) is 0. The first-order chi connectivity index (χ1) is 15.8. The molecule has 2 amide bonds. The lowest BCUT2D eigenvalue weighted by atomic mass is 9.97. The lowest BCUT2D eigenvalue weighted by Crippen LogP contribution is -2.43. The number of hydrogen-bond donors (Lipinski definition) is 2. The monoisotopic (exact) mass is 451 g/mol. The van der Waals surface area contributed by atoms with E-state index in [9.17, 15) is 9.59 Å².